The molecule has 0 atom stereocenters. The molecule has 0 saturated carbocycles. The highest BCUT2D eigenvalue weighted by atomic mass is 19.1. The molecule has 0 aliphatic heterocycles. The third kappa shape index (κ3) is 5.38. The minimum atomic E-state index is -0.526. The van der Waals surface area contributed by atoms with Crippen molar-refractivity contribution < 1.29 is 13.9 Å². The predicted molar refractivity (Wildman–Crippen MR) is 67.7 cm³/mol. The molecule has 0 fully saturated rings. The molecule has 0 heterocycles. The lowest BCUT2D eigenvalue weighted by Gasteiger charge is -2.19. The lowest BCUT2D eigenvalue weighted by Crippen LogP contribution is -2.32. The standard InChI is InChI=1S/C12H17BFNO2/c1-12(2,3)17-11(16)15-7-8-4-9(13)6-10(14)5-8/h4-6H,7,13H2,1-3H3,(H,15,16). The first-order valence-corrected chi connectivity index (χ1v) is 5.49. The number of carbonyl (C=O) groups is 1. The van der Waals surface area contributed by atoms with Crippen LogP contribution in [0.5, 0.6) is 0 Å². The van der Waals surface area contributed by atoms with E-state index in [4.69, 9.17) is 4.74 Å². The number of halogens is 1. The van der Waals surface area contributed by atoms with Crippen LogP contribution in [-0.2, 0) is 11.3 Å². The number of nitrogens with one attached hydrogen (secondary N) is 1. The Morgan fingerprint density at radius 3 is 2.59 bits per heavy atom. The highest BCUT2D eigenvalue weighted by molar-refractivity contribution is 6.32. The fourth-order valence-corrected chi connectivity index (χ4v) is 1.40. The molecule has 92 valence electrons. The minimum Gasteiger partial charge on any atom is -0.444 e. The van der Waals surface area contributed by atoms with Gasteiger partial charge in [0, 0.05) is 6.54 Å². The fraction of sp³-hybridized carbons (Fsp3) is 0.417. The quantitative estimate of drug-likeness (QED) is 0.782. The summed E-state index contributed by atoms with van der Waals surface area (Å²) in [6.07, 6.45) is -0.501. The van der Waals surface area contributed by atoms with Crippen molar-refractivity contribution in [1.29, 1.82) is 0 Å². The van der Waals surface area contributed by atoms with Gasteiger partial charge in [0.1, 0.15) is 19.3 Å². The Balaban J connectivity index is 2.53. The molecule has 0 radical (unpaired) electrons. The van der Waals surface area contributed by atoms with Gasteiger partial charge in [0.2, 0.25) is 0 Å². The third-order valence-electron chi connectivity index (χ3n) is 1.94. The summed E-state index contributed by atoms with van der Waals surface area (Å²) in [4.78, 5) is 11.4. The van der Waals surface area contributed by atoms with Gasteiger partial charge in [0.15, 0.2) is 0 Å². The summed E-state index contributed by atoms with van der Waals surface area (Å²) in [6.45, 7) is 5.63. The van der Waals surface area contributed by atoms with E-state index in [0.29, 0.717) is 5.56 Å². The van der Waals surface area contributed by atoms with Crippen molar-refractivity contribution in [2.75, 3.05) is 0 Å². The summed E-state index contributed by atoms with van der Waals surface area (Å²) in [7, 11) is 1.81. The average molecular weight is 237 g/mol. The van der Waals surface area contributed by atoms with E-state index in [9.17, 15) is 9.18 Å². The van der Waals surface area contributed by atoms with Crippen LogP contribution < -0.4 is 10.8 Å². The topological polar surface area (TPSA) is 38.3 Å². The van der Waals surface area contributed by atoms with Gasteiger partial charge in [-0.05, 0) is 38.5 Å². The molecule has 1 aromatic carbocycles. The number of hydrogen-bond acceptors (Lipinski definition) is 2. The third-order valence-corrected chi connectivity index (χ3v) is 1.94. The number of hydrogen-bond donors (Lipinski definition) is 1. The molecule has 0 saturated heterocycles. The van der Waals surface area contributed by atoms with Gasteiger partial charge >= 0.3 is 6.09 Å². The first-order valence-electron chi connectivity index (χ1n) is 5.49. The zero-order chi connectivity index (χ0) is 13.1. The molecular formula is C12H17BFNO2. The van der Waals surface area contributed by atoms with Gasteiger partial charge in [0.25, 0.3) is 0 Å². The van der Waals surface area contributed by atoms with Crippen LogP contribution in [0.4, 0.5) is 9.18 Å². The molecule has 17 heavy (non-hydrogen) atoms. The summed E-state index contributed by atoms with van der Waals surface area (Å²) in [5.74, 6) is -0.300. The SMILES string of the molecule is Bc1cc(F)cc(CNC(=O)OC(C)(C)C)c1. The highest BCUT2D eigenvalue weighted by Crippen LogP contribution is 2.07. The fourth-order valence-electron chi connectivity index (χ4n) is 1.40. The lowest BCUT2D eigenvalue weighted by atomic mass is 9.94. The monoisotopic (exact) mass is 237 g/mol. The van der Waals surface area contributed by atoms with E-state index in [-0.39, 0.29) is 12.4 Å². The van der Waals surface area contributed by atoms with Crippen molar-refractivity contribution in [3.05, 3.63) is 29.6 Å². The minimum absolute atomic E-state index is 0.257. The van der Waals surface area contributed by atoms with Crippen molar-refractivity contribution in [3.8, 4) is 0 Å². The molecule has 0 aliphatic rings. The van der Waals surface area contributed by atoms with Gasteiger partial charge in [-0.2, -0.15) is 0 Å². The first kappa shape index (κ1) is 13.5. The molecule has 0 bridgehead atoms. The number of benzene rings is 1. The number of amides is 1. The van der Waals surface area contributed by atoms with Crippen molar-refractivity contribution in [2.24, 2.45) is 0 Å². The number of alkyl carbamates (subject to hydrolysis) is 1. The Hall–Kier alpha value is -1.52. The highest BCUT2D eigenvalue weighted by Gasteiger charge is 2.15. The zero-order valence-corrected chi connectivity index (χ0v) is 10.6. The number of rotatable bonds is 2. The van der Waals surface area contributed by atoms with E-state index in [1.807, 2.05) is 6.07 Å². The van der Waals surface area contributed by atoms with Gasteiger partial charge in [-0.25, -0.2) is 9.18 Å². The van der Waals surface area contributed by atoms with Crippen LogP contribution >= 0.6 is 0 Å². The van der Waals surface area contributed by atoms with E-state index in [0.717, 1.165) is 5.46 Å². The van der Waals surface area contributed by atoms with Crippen molar-refractivity contribution in [1.82, 2.24) is 5.32 Å². The molecule has 0 aliphatic carbocycles. The van der Waals surface area contributed by atoms with Crippen LogP contribution in [0.3, 0.4) is 0 Å². The Bertz CT molecular complexity index is 395. The van der Waals surface area contributed by atoms with Crippen LogP contribution in [0, 0.1) is 5.82 Å². The molecule has 1 rings (SSSR count). The second-order valence-corrected chi connectivity index (χ2v) is 4.99. The molecule has 0 aromatic heterocycles. The smallest absolute Gasteiger partial charge is 0.407 e. The summed E-state index contributed by atoms with van der Waals surface area (Å²) in [5, 5.41) is 2.58. The van der Waals surface area contributed by atoms with Crippen LogP contribution in [0.2, 0.25) is 0 Å². The molecule has 1 aromatic rings. The van der Waals surface area contributed by atoms with Crippen molar-refractivity contribution in [3.63, 3.8) is 0 Å². The normalized spacial score (nSPS) is 11.1. The van der Waals surface area contributed by atoms with Crippen LogP contribution in [0.15, 0.2) is 18.2 Å². The first-order chi connectivity index (χ1) is 7.76. The van der Waals surface area contributed by atoms with Gasteiger partial charge in [-0.15, -0.1) is 0 Å². The Kier molecular flexibility index (Phi) is 4.15. The van der Waals surface area contributed by atoms with Crippen LogP contribution in [-0.4, -0.2) is 19.5 Å². The lowest BCUT2D eigenvalue weighted by molar-refractivity contribution is 0.0523. The van der Waals surface area contributed by atoms with E-state index in [1.165, 1.54) is 12.1 Å². The molecule has 0 unspecified atom stereocenters. The summed E-state index contributed by atoms with van der Waals surface area (Å²) in [5.41, 5.74) is 1.02. The van der Waals surface area contributed by atoms with Gasteiger partial charge in [-0.1, -0.05) is 11.5 Å². The molecule has 1 amide bonds. The molecule has 5 heteroatoms. The number of ether oxygens (including phenoxy) is 1. The van der Waals surface area contributed by atoms with E-state index in [1.54, 1.807) is 28.6 Å². The maximum atomic E-state index is 13.1. The molecular weight excluding hydrogens is 220 g/mol. The van der Waals surface area contributed by atoms with E-state index >= 15 is 0 Å². The second-order valence-electron chi connectivity index (χ2n) is 4.99. The molecule has 0 spiro atoms. The summed E-state index contributed by atoms with van der Waals surface area (Å²) >= 11 is 0. The van der Waals surface area contributed by atoms with Gasteiger partial charge in [-0.3, -0.25) is 0 Å². The Morgan fingerprint density at radius 2 is 2.06 bits per heavy atom. The van der Waals surface area contributed by atoms with Crippen molar-refractivity contribution >= 4 is 19.4 Å². The van der Waals surface area contributed by atoms with Crippen LogP contribution in [0.1, 0.15) is 26.3 Å². The largest absolute Gasteiger partial charge is 0.444 e. The van der Waals surface area contributed by atoms with Crippen LogP contribution in [0.25, 0.3) is 0 Å². The van der Waals surface area contributed by atoms with E-state index in [2.05, 4.69) is 5.32 Å². The Morgan fingerprint density at radius 1 is 1.41 bits per heavy atom. The summed E-state index contributed by atoms with van der Waals surface area (Å²) in [6, 6.07) is 4.65. The maximum Gasteiger partial charge on any atom is 0.407 e. The van der Waals surface area contributed by atoms with Gasteiger partial charge in [0.05, 0.1) is 0 Å². The molecule has 1 N–H and O–H groups in total. The number of carbonyl (C=O) groups excluding carboxylic acids is 1. The maximum absolute atomic E-state index is 13.1. The zero-order valence-electron chi connectivity index (χ0n) is 10.6. The second kappa shape index (κ2) is 5.21. The van der Waals surface area contributed by atoms with Gasteiger partial charge < -0.3 is 10.1 Å². The van der Waals surface area contributed by atoms with E-state index < -0.39 is 11.7 Å². The Labute approximate surface area is 102 Å². The average Bonchev–Trinajstić information content (AvgIpc) is 2.10. The van der Waals surface area contributed by atoms with Crippen molar-refractivity contribution in [2.45, 2.75) is 32.9 Å². The summed E-state index contributed by atoms with van der Waals surface area (Å²) < 4.78 is 18.2. The predicted octanol–water partition coefficient (Wildman–Crippen LogP) is 1.11. The molecule has 3 nitrogen and oxygen atoms in total.